The molecule has 1 aromatic carbocycles. The Bertz CT molecular complexity index is 451. The molecule has 0 aromatic heterocycles. The van der Waals surface area contributed by atoms with E-state index in [2.05, 4.69) is 26.0 Å². The number of nitrogens with one attached hydrogen (secondary N) is 1. The molecule has 0 aliphatic heterocycles. The van der Waals surface area contributed by atoms with Crippen molar-refractivity contribution in [1.82, 2.24) is 0 Å². The van der Waals surface area contributed by atoms with Crippen LogP contribution in [0, 0.1) is 3.57 Å². The molecule has 0 unspecified atom stereocenters. The number of anilines is 1. The first-order chi connectivity index (χ1) is 7.75. The van der Waals surface area contributed by atoms with Crippen LogP contribution in [0.3, 0.4) is 0 Å². The largest absolute Gasteiger partial charge is 0.453 e. The summed E-state index contributed by atoms with van der Waals surface area (Å²) in [6.45, 7) is 0. The van der Waals surface area contributed by atoms with Crippen LogP contribution in [0.2, 0.25) is 0 Å². The van der Waals surface area contributed by atoms with Crippen LogP contribution in [0.1, 0.15) is 5.56 Å². The molecule has 0 heterocycles. The molecule has 17 heavy (non-hydrogen) atoms. The minimum atomic E-state index is -4.49. The molecule has 1 aromatic rings. The second-order valence-corrected chi connectivity index (χ2v) is 4.94. The molecular weight excluding hydrogens is 418 g/mol. The molecule has 0 saturated heterocycles. The fourth-order valence-corrected chi connectivity index (χ4v) is 2.62. The third-order valence-corrected chi connectivity index (χ3v) is 3.33. The Morgan fingerprint density at radius 3 is 2.53 bits per heavy atom. The quantitative estimate of drug-likeness (QED) is 0.686. The monoisotopic (exact) mass is 423 g/mol. The Balaban J connectivity index is 3.20. The van der Waals surface area contributed by atoms with Gasteiger partial charge in [0.05, 0.1) is 18.4 Å². The Morgan fingerprint density at radius 1 is 1.47 bits per heavy atom. The number of ether oxygens (including phenoxy) is 1. The van der Waals surface area contributed by atoms with Crippen LogP contribution in [0.25, 0.3) is 0 Å². The summed E-state index contributed by atoms with van der Waals surface area (Å²) in [5.74, 6) is 0. The second-order valence-electron chi connectivity index (χ2n) is 2.93. The Morgan fingerprint density at radius 2 is 2.06 bits per heavy atom. The van der Waals surface area contributed by atoms with E-state index in [9.17, 15) is 18.0 Å². The number of amides is 1. The van der Waals surface area contributed by atoms with E-state index in [4.69, 9.17) is 0 Å². The van der Waals surface area contributed by atoms with Crippen LogP contribution in [-0.4, -0.2) is 13.2 Å². The Kier molecular flexibility index (Phi) is 4.64. The number of rotatable bonds is 1. The van der Waals surface area contributed by atoms with Gasteiger partial charge in [0.1, 0.15) is 0 Å². The van der Waals surface area contributed by atoms with Crippen molar-refractivity contribution in [3.05, 3.63) is 25.7 Å². The molecule has 0 aliphatic carbocycles. The summed E-state index contributed by atoms with van der Waals surface area (Å²) in [6, 6.07) is 2.12. The minimum absolute atomic E-state index is 0.0491. The highest BCUT2D eigenvalue weighted by atomic mass is 127. The van der Waals surface area contributed by atoms with Gasteiger partial charge < -0.3 is 4.74 Å². The van der Waals surface area contributed by atoms with Gasteiger partial charge in [-0.2, -0.15) is 13.2 Å². The van der Waals surface area contributed by atoms with Crippen LogP contribution < -0.4 is 5.32 Å². The Labute approximate surface area is 117 Å². The van der Waals surface area contributed by atoms with Crippen LogP contribution >= 0.6 is 38.5 Å². The molecule has 94 valence electrons. The molecule has 0 atom stereocenters. The fraction of sp³-hybridized carbons (Fsp3) is 0.222. The molecule has 1 N–H and O–H groups in total. The standard InChI is InChI=1S/C9H6BrF3INO2/c1-17-8(16)15-7-2-4(9(11,12)13)5(10)3-6(7)14/h2-3H,1H3,(H,15,16). The first kappa shape index (κ1) is 14.6. The number of hydrogen-bond acceptors (Lipinski definition) is 2. The van der Waals surface area contributed by atoms with Crippen LogP contribution in [0.4, 0.5) is 23.7 Å². The van der Waals surface area contributed by atoms with Gasteiger partial charge in [0.25, 0.3) is 0 Å². The van der Waals surface area contributed by atoms with Crippen molar-refractivity contribution in [3.8, 4) is 0 Å². The van der Waals surface area contributed by atoms with Gasteiger partial charge in [-0.1, -0.05) is 15.9 Å². The van der Waals surface area contributed by atoms with E-state index < -0.39 is 17.8 Å². The smallest absolute Gasteiger partial charge is 0.417 e. The van der Waals surface area contributed by atoms with Crippen molar-refractivity contribution >= 4 is 50.3 Å². The first-order valence-corrected chi connectivity index (χ1v) is 6.04. The van der Waals surface area contributed by atoms with Crippen LogP contribution in [0.15, 0.2) is 16.6 Å². The van der Waals surface area contributed by atoms with Gasteiger partial charge in [-0.25, -0.2) is 4.79 Å². The maximum Gasteiger partial charge on any atom is 0.417 e. The molecule has 0 spiro atoms. The van der Waals surface area contributed by atoms with Gasteiger partial charge in [-0.3, -0.25) is 5.32 Å². The summed E-state index contributed by atoms with van der Waals surface area (Å²) in [5.41, 5.74) is -0.808. The zero-order valence-corrected chi connectivity index (χ0v) is 12.1. The molecule has 0 bridgehead atoms. The summed E-state index contributed by atoms with van der Waals surface area (Å²) in [4.78, 5) is 10.9. The molecule has 8 heteroatoms. The average molecular weight is 424 g/mol. The molecule has 1 amide bonds. The lowest BCUT2D eigenvalue weighted by atomic mass is 10.2. The highest BCUT2D eigenvalue weighted by Crippen LogP contribution is 2.38. The molecular formula is C9H6BrF3INO2. The Hall–Kier alpha value is -0.510. The van der Waals surface area contributed by atoms with E-state index in [1.54, 1.807) is 0 Å². The summed E-state index contributed by atoms with van der Waals surface area (Å²) in [5, 5.41) is 2.21. The van der Waals surface area contributed by atoms with E-state index in [-0.39, 0.29) is 10.2 Å². The number of carbonyl (C=O) groups excluding carboxylic acids is 1. The van der Waals surface area contributed by atoms with Crippen molar-refractivity contribution in [1.29, 1.82) is 0 Å². The van der Waals surface area contributed by atoms with E-state index >= 15 is 0 Å². The number of methoxy groups -OCH3 is 1. The van der Waals surface area contributed by atoms with Crippen molar-refractivity contribution in [2.24, 2.45) is 0 Å². The maximum atomic E-state index is 12.6. The van der Waals surface area contributed by atoms with Crippen molar-refractivity contribution in [2.45, 2.75) is 6.18 Å². The number of benzene rings is 1. The lowest BCUT2D eigenvalue weighted by molar-refractivity contribution is -0.138. The summed E-state index contributed by atoms with van der Waals surface area (Å²) < 4.78 is 42.5. The molecule has 1 rings (SSSR count). The van der Waals surface area contributed by atoms with Gasteiger partial charge in [0.15, 0.2) is 0 Å². The topological polar surface area (TPSA) is 38.3 Å². The fourth-order valence-electron chi connectivity index (χ4n) is 1.02. The number of carbonyl (C=O) groups is 1. The minimum Gasteiger partial charge on any atom is -0.453 e. The predicted octanol–water partition coefficient (Wildman–Crippen LogP) is 4.25. The normalized spacial score (nSPS) is 11.2. The van der Waals surface area contributed by atoms with E-state index in [1.807, 2.05) is 22.6 Å². The van der Waals surface area contributed by atoms with Crippen molar-refractivity contribution in [3.63, 3.8) is 0 Å². The number of alkyl halides is 3. The SMILES string of the molecule is COC(=O)Nc1cc(C(F)(F)F)c(Br)cc1I. The zero-order chi connectivity index (χ0) is 13.2. The maximum absolute atomic E-state index is 12.6. The molecule has 0 fully saturated rings. The summed E-state index contributed by atoms with van der Waals surface area (Å²) in [7, 11) is 1.13. The summed E-state index contributed by atoms with van der Waals surface area (Å²) in [6.07, 6.45) is -5.31. The third-order valence-electron chi connectivity index (χ3n) is 1.78. The van der Waals surface area contributed by atoms with Crippen molar-refractivity contribution < 1.29 is 22.7 Å². The van der Waals surface area contributed by atoms with Gasteiger partial charge in [0, 0.05) is 8.04 Å². The van der Waals surface area contributed by atoms with Gasteiger partial charge in [0.2, 0.25) is 0 Å². The van der Waals surface area contributed by atoms with Crippen LogP contribution in [0.5, 0.6) is 0 Å². The van der Waals surface area contributed by atoms with Gasteiger partial charge in [-0.05, 0) is 34.7 Å². The van der Waals surface area contributed by atoms with Crippen molar-refractivity contribution in [2.75, 3.05) is 12.4 Å². The van der Waals surface area contributed by atoms with Gasteiger partial charge in [-0.15, -0.1) is 0 Å². The zero-order valence-electron chi connectivity index (χ0n) is 8.36. The lowest BCUT2D eigenvalue weighted by Crippen LogP contribution is -2.14. The summed E-state index contributed by atoms with van der Waals surface area (Å²) >= 11 is 4.64. The highest BCUT2D eigenvalue weighted by Gasteiger charge is 2.33. The number of hydrogen-bond donors (Lipinski definition) is 1. The average Bonchev–Trinajstić information content (AvgIpc) is 2.19. The first-order valence-electron chi connectivity index (χ1n) is 4.17. The molecule has 0 radical (unpaired) electrons. The van der Waals surface area contributed by atoms with E-state index in [0.29, 0.717) is 3.57 Å². The van der Waals surface area contributed by atoms with Crippen LogP contribution in [-0.2, 0) is 10.9 Å². The molecule has 0 saturated carbocycles. The third kappa shape index (κ3) is 3.73. The second kappa shape index (κ2) is 5.42. The van der Waals surface area contributed by atoms with E-state index in [0.717, 1.165) is 13.2 Å². The molecule has 0 aliphatic rings. The van der Waals surface area contributed by atoms with E-state index in [1.165, 1.54) is 6.07 Å². The predicted molar refractivity (Wildman–Crippen MR) is 67.9 cm³/mol. The lowest BCUT2D eigenvalue weighted by Gasteiger charge is -2.13. The number of halogens is 5. The van der Waals surface area contributed by atoms with Gasteiger partial charge >= 0.3 is 12.3 Å². The molecule has 3 nitrogen and oxygen atoms in total. The highest BCUT2D eigenvalue weighted by molar-refractivity contribution is 14.1.